The highest BCUT2D eigenvalue weighted by Crippen LogP contribution is 2.39. The SMILES string of the molecule is C=C(/C=C/C)C(C)(C(=O)OC)C1C\C=C/C=C/C=C/c2nc(co2)C(=O)OC(C(C)(C(=O)OC)C(=CC)/C=C/C)C\C=C/C=C/C=C/C2NC(=CO2)C(=O)O1.CC. The number of hydrogen-bond acceptors (Lipinski definition) is 12. The van der Waals surface area contributed by atoms with Gasteiger partial charge in [0.25, 0.3) is 0 Å². The number of nitrogens with zero attached hydrogens (tertiary/aromatic N) is 1. The summed E-state index contributed by atoms with van der Waals surface area (Å²) in [6.45, 7) is 16.8. The molecule has 0 saturated carbocycles. The number of hydrogen-bond donors (Lipinski definition) is 1. The number of rotatable bonds is 8. The van der Waals surface area contributed by atoms with Gasteiger partial charge in [0.1, 0.15) is 35.6 Å². The number of aromatic nitrogens is 1. The zero-order chi connectivity index (χ0) is 42.4. The highest BCUT2D eigenvalue weighted by molar-refractivity contribution is 5.90. The van der Waals surface area contributed by atoms with E-state index in [1.54, 1.807) is 131 Å². The van der Waals surface area contributed by atoms with Crippen LogP contribution in [-0.2, 0) is 38.1 Å². The minimum Gasteiger partial charge on any atom is -0.472 e. The summed E-state index contributed by atoms with van der Waals surface area (Å²) >= 11 is 0. The highest BCUT2D eigenvalue weighted by atomic mass is 16.6. The van der Waals surface area contributed by atoms with E-state index in [0.717, 1.165) is 0 Å². The molecule has 306 valence electrons. The van der Waals surface area contributed by atoms with Crippen LogP contribution in [0.15, 0.2) is 138 Å². The van der Waals surface area contributed by atoms with E-state index in [2.05, 4.69) is 16.9 Å². The first-order chi connectivity index (χ1) is 27.4. The van der Waals surface area contributed by atoms with Crippen molar-refractivity contribution in [1.29, 1.82) is 0 Å². The number of ether oxygens (including phenoxy) is 5. The third kappa shape index (κ3) is 12.4. The Bertz CT molecular complexity index is 1870. The second kappa shape index (κ2) is 23.7. The smallest absolute Gasteiger partial charge is 0.360 e. The van der Waals surface area contributed by atoms with Crippen LogP contribution in [0.3, 0.4) is 0 Å². The number of carbonyl (C=O) groups is 4. The minimum absolute atomic E-state index is 0.0604. The van der Waals surface area contributed by atoms with Crippen molar-refractivity contribution in [2.75, 3.05) is 14.2 Å². The molecule has 0 spiro atoms. The van der Waals surface area contributed by atoms with Crippen molar-refractivity contribution in [2.45, 2.75) is 79.7 Å². The van der Waals surface area contributed by atoms with E-state index in [4.69, 9.17) is 28.1 Å². The number of carbonyl (C=O) groups excluding carboxylic acids is 4. The Kier molecular flexibility index (Phi) is 19.5. The van der Waals surface area contributed by atoms with Gasteiger partial charge in [-0.05, 0) is 51.8 Å². The number of cyclic esters (lactones) is 2. The maximum Gasteiger partial charge on any atom is 0.360 e. The van der Waals surface area contributed by atoms with Gasteiger partial charge >= 0.3 is 23.9 Å². The van der Waals surface area contributed by atoms with Crippen LogP contribution < -0.4 is 5.32 Å². The van der Waals surface area contributed by atoms with Crippen molar-refractivity contribution >= 4 is 30.0 Å². The molecule has 1 N–H and O–H groups in total. The Labute approximate surface area is 336 Å². The van der Waals surface area contributed by atoms with Gasteiger partial charge in [-0.3, -0.25) is 9.59 Å². The molecule has 0 amide bonds. The van der Waals surface area contributed by atoms with Crippen molar-refractivity contribution in [3.8, 4) is 0 Å². The second-order valence-corrected chi connectivity index (χ2v) is 12.6. The zero-order valence-electron chi connectivity index (χ0n) is 34.4. The van der Waals surface area contributed by atoms with E-state index in [1.165, 1.54) is 26.7 Å². The molecule has 0 fully saturated rings. The summed E-state index contributed by atoms with van der Waals surface area (Å²) in [7, 11) is 2.55. The second-order valence-electron chi connectivity index (χ2n) is 12.6. The molecule has 57 heavy (non-hydrogen) atoms. The van der Waals surface area contributed by atoms with Crippen LogP contribution in [0.1, 0.15) is 77.7 Å². The van der Waals surface area contributed by atoms with Crippen molar-refractivity contribution < 1.29 is 47.3 Å². The van der Waals surface area contributed by atoms with E-state index < -0.39 is 53.1 Å². The zero-order valence-corrected chi connectivity index (χ0v) is 34.4. The summed E-state index contributed by atoms with van der Waals surface area (Å²) in [6.07, 6.45) is 29.2. The molecule has 12 nitrogen and oxygen atoms in total. The largest absolute Gasteiger partial charge is 0.472 e. The number of methoxy groups -OCH3 is 2. The third-order valence-electron chi connectivity index (χ3n) is 9.04. The van der Waals surface area contributed by atoms with E-state index in [1.807, 2.05) is 20.8 Å². The molecule has 0 aliphatic carbocycles. The molecule has 0 saturated heterocycles. The van der Waals surface area contributed by atoms with E-state index in [9.17, 15) is 19.2 Å². The number of nitrogens with one attached hydrogen (secondary N) is 1. The van der Waals surface area contributed by atoms with Crippen LogP contribution in [0.5, 0.6) is 0 Å². The standard InChI is InChI=1S/C43H50N2O10.C2H6/c1-9-22-30(4)42(5,40(48)50-7)34-24-18-14-12-16-20-27-37-45-33(29-53-37)39(47)55-35(43(6,41(49)51-8)31(11-3)23-10-2)25-19-15-13-17-21-26-36-44-32(28-52-36)38(46)54-34;1-2/h9-23,26-29,34-36,44H,4,24-25H2,1-3,5-8H3;1-2H3/b16-12+,17-13+,18-14-,19-15-,22-9+,23-10+,26-21+,27-20+,31-11?;. The van der Waals surface area contributed by atoms with Crippen molar-refractivity contribution in [3.05, 3.63) is 145 Å². The fourth-order valence-electron chi connectivity index (χ4n) is 5.78. The Morgan fingerprint density at radius 2 is 1.39 bits per heavy atom. The van der Waals surface area contributed by atoms with Crippen LogP contribution >= 0.6 is 0 Å². The summed E-state index contributed by atoms with van der Waals surface area (Å²) in [5.74, 6) is -2.58. The average Bonchev–Trinajstić information content (AvgIpc) is 3.91. The van der Waals surface area contributed by atoms with E-state index in [-0.39, 0.29) is 30.1 Å². The Morgan fingerprint density at radius 1 is 0.825 bits per heavy atom. The molecule has 0 radical (unpaired) electrons. The quantitative estimate of drug-likeness (QED) is 0.153. The fourth-order valence-corrected chi connectivity index (χ4v) is 5.78. The maximum atomic E-state index is 13.4. The Balaban J connectivity index is 0.00000551. The lowest BCUT2D eigenvalue weighted by Crippen LogP contribution is -2.45. The van der Waals surface area contributed by atoms with E-state index in [0.29, 0.717) is 11.1 Å². The number of fused-ring (bicyclic) bond motifs is 4. The Morgan fingerprint density at radius 3 is 1.98 bits per heavy atom. The first-order valence-electron chi connectivity index (χ1n) is 18.7. The van der Waals surface area contributed by atoms with Crippen LogP contribution in [0, 0.1) is 10.8 Å². The molecule has 3 heterocycles. The van der Waals surface area contributed by atoms with Gasteiger partial charge in [0.05, 0.1) is 14.2 Å². The summed E-state index contributed by atoms with van der Waals surface area (Å²) in [5, 5.41) is 2.96. The summed E-state index contributed by atoms with van der Waals surface area (Å²) in [4.78, 5) is 57.6. The molecule has 2 aliphatic rings. The van der Waals surface area contributed by atoms with Crippen molar-refractivity contribution in [2.24, 2.45) is 10.8 Å². The first kappa shape index (κ1) is 47.0. The maximum absolute atomic E-state index is 13.4. The third-order valence-corrected chi connectivity index (χ3v) is 9.04. The van der Waals surface area contributed by atoms with Gasteiger partial charge in [-0.15, -0.1) is 0 Å². The predicted octanol–water partition coefficient (Wildman–Crippen LogP) is 8.53. The predicted molar refractivity (Wildman–Crippen MR) is 220 cm³/mol. The molecular formula is C45H56N2O10. The lowest BCUT2D eigenvalue weighted by molar-refractivity contribution is -0.164. The molecule has 5 unspecified atom stereocenters. The molecular weight excluding hydrogens is 728 g/mol. The van der Waals surface area contributed by atoms with Gasteiger partial charge in [0.2, 0.25) is 5.89 Å². The Hall–Kier alpha value is -6.17. The molecule has 3 rings (SSSR count). The molecule has 1 aromatic heterocycles. The van der Waals surface area contributed by atoms with Gasteiger partial charge in [0.15, 0.2) is 17.6 Å². The van der Waals surface area contributed by atoms with Crippen LogP contribution in [0.2, 0.25) is 0 Å². The molecule has 0 aromatic carbocycles. The number of esters is 4. The number of allylic oxidation sites excluding steroid dienone is 13. The normalized spacial score (nSPS) is 24.9. The van der Waals surface area contributed by atoms with Crippen molar-refractivity contribution in [1.82, 2.24) is 10.3 Å². The summed E-state index contributed by atoms with van der Waals surface area (Å²) < 4.78 is 33.3. The first-order valence-corrected chi connectivity index (χ1v) is 18.7. The number of oxazole rings is 1. The minimum atomic E-state index is -1.42. The van der Waals surface area contributed by atoms with Crippen LogP contribution in [0.25, 0.3) is 6.08 Å². The molecule has 4 bridgehead atoms. The van der Waals surface area contributed by atoms with Gasteiger partial charge < -0.3 is 33.4 Å². The molecule has 1 aromatic rings. The van der Waals surface area contributed by atoms with Gasteiger partial charge in [-0.1, -0.05) is 112 Å². The van der Waals surface area contributed by atoms with E-state index >= 15 is 0 Å². The lowest BCUT2D eigenvalue weighted by Gasteiger charge is -2.35. The topological polar surface area (TPSA) is 152 Å². The summed E-state index contributed by atoms with van der Waals surface area (Å²) in [6, 6.07) is 0. The monoisotopic (exact) mass is 784 g/mol. The van der Waals surface area contributed by atoms with Crippen LogP contribution in [-0.4, -0.2) is 61.5 Å². The van der Waals surface area contributed by atoms with Crippen molar-refractivity contribution in [3.63, 3.8) is 0 Å². The van der Waals surface area contributed by atoms with Gasteiger partial charge in [-0.25, -0.2) is 14.6 Å². The van der Waals surface area contributed by atoms with Crippen LogP contribution in [0.4, 0.5) is 0 Å². The molecule has 2 aliphatic heterocycles. The molecule has 12 heteroatoms. The average molecular weight is 785 g/mol. The lowest BCUT2D eigenvalue weighted by atomic mass is 9.75. The highest BCUT2D eigenvalue weighted by Gasteiger charge is 2.48. The summed E-state index contributed by atoms with van der Waals surface area (Å²) in [5.41, 5.74) is -1.82. The van der Waals surface area contributed by atoms with Gasteiger partial charge in [0, 0.05) is 18.9 Å². The fraction of sp³-hybridized carbons (Fsp3) is 0.356. The molecule has 5 atom stereocenters. The van der Waals surface area contributed by atoms with Gasteiger partial charge in [-0.2, -0.15) is 0 Å².